The molecule has 0 bridgehead atoms. The molecule has 3 heterocycles. The number of hydrogen-bond acceptors (Lipinski definition) is 4. The minimum absolute atomic E-state index is 0.177. The number of anilines is 1. The maximum Gasteiger partial charge on any atom is 0.223 e. The summed E-state index contributed by atoms with van der Waals surface area (Å²) in [5.74, 6) is 1.09. The largest absolute Gasteiger partial charge is 0.373 e. The van der Waals surface area contributed by atoms with E-state index in [2.05, 4.69) is 28.4 Å². The highest BCUT2D eigenvalue weighted by Crippen LogP contribution is 2.33. The number of aromatic nitrogens is 3. The van der Waals surface area contributed by atoms with Gasteiger partial charge in [-0.15, -0.1) is 0 Å². The lowest BCUT2D eigenvalue weighted by atomic mass is 10.1. The Kier molecular flexibility index (Phi) is 5.36. The molecule has 1 amide bonds. The number of nitrogens with one attached hydrogen (secondary N) is 1. The summed E-state index contributed by atoms with van der Waals surface area (Å²) in [7, 11) is 1.86. The van der Waals surface area contributed by atoms with Crippen molar-refractivity contribution in [2.75, 3.05) is 18.9 Å². The van der Waals surface area contributed by atoms with Gasteiger partial charge in [0.25, 0.3) is 0 Å². The zero-order valence-corrected chi connectivity index (χ0v) is 15.3. The van der Waals surface area contributed by atoms with Crippen molar-refractivity contribution in [2.45, 2.75) is 52.1 Å². The molecule has 1 N–H and O–H groups in total. The molecule has 6 nitrogen and oxygen atoms in total. The topological polar surface area (TPSA) is 63.1 Å². The molecule has 0 aromatic carbocycles. The first-order chi connectivity index (χ1) is 12.1. The molecule has 0 spiro atoms. The molecular weight excluding hydrogens is 314 g/mol. The third kappa shape index (κ3) is 4.00. The van der Waals surface area contributed by atoms with Crippen LogP contribution >= 0.6 is 0 Å². The van der Waals surface area contributed by atoms with Crippen molar-refractivity contribution in [1.29, 1.82) is 0 Å². The van der Waals surface area contributed by atoms with Gasteiger partial charge < -0.3 is 10.2 Å². The summed E-state index contributed by atoms with van der Waals surface area (Å²) in [6.45, 7) is 5.70. The minimum Gasteiger partial charge on any atom is -0.373 e. The number of amides is 1. The van der Waals surface area contributed by atoms with E-state index in [9.17, 15) is 4.79 Å². The first-order valence-electron chi connectivity index (χ1n) is 9.02. The van der Waals surface area contributed by atoms with Crippen LogP contribution in [0.15, 0.2) is 24.4 Å². The number of nitrogens with zero attached hydrogens (tertiary/aromatic N) is 4. The van der Waals surface area contributed by atoms with Gasteiger partial charge in [0.15, 0.2) is 0 Å². The van der Waals surface area contributed by atoms with Crippen molar-refractivity contribution in [3.63, 3.8) is 0 Å². The van der Waals surface area contributed by atoms with Gasteiger partial charge in [0, 0.05) is 38.4 Å². The number of pyridine rings is 1. The maximum atomic E-state index is 12.7. The van der Waals surface area contributed by atoms with Crippen LogP contribution in [-0.2, 0) is 11.3 Å². The lowest BCUT2D eigenvalue weighted by Gasteiger charge is -2.25. The van der Waals surface area contributed by atoms with Crippen LogP contribution in [-0.4, -0.2) is 39.2 Å². The van der Waals surface area contributed by atoms with Crippen LogP contribution in [0, 0.1) is 13.8 Å². The number of carbonyl (C=O) groups excluding carboxylic acids is 1. The molecule has 134 valence electrons. The quantitative estimate of drug-likeness (QED) is 0.877. The summed E-state index contributed by atoms with van der Waals surface area (Å²) in [6, 6.07) is 6.32. The summed E-state index contributed by atoms with van der Waals surface area (Å²) in [5, 5.41) is 7.53. The summed E-state index contributed by atoms with van der Waals surface area (Å²) in [4.78, 5) is 19.0. The third-order valence-corrected chi connectivity index (χ3v) is 4.86. The Morgan fingerprint density at radius 1 is 1.36 bits per heavy atom. The highest BCUT2D eigenvalue weighted by molar-refractivity contribution is 5.77. The molecule has 0 aliphatic carbocycles. The van der Waals surface area contributed by atoms with Gasteiger partial charge in [0.2, 0.25) is 5.91 Å². The van der Waals surface area contributed by atoms with Crippen LogP contribution in [0.1, 0.15) is 48.7 Å². The standard InChI is InChI=1S/C19H27N5O/c1-14-12-15(2)24(22-14)11-5-7-19(25)23-10-4-6-17(23)16-8-9-21-18(13-16)20-3/h8-9,12-13,17H,4-7,10-11H2,1-3H3,(H,20,21)/t17-/m0/s1. The molecule has 2 aromatic heterocycles. The molecule has 25 heavy (non-hydrogen) atoms. The van der Waals surface area contributed by atoms with Gasteiger partial charge in [0.1, 0.15) is 5.82 Å². The molecule has 2 aromatic rings. The number of rotatable bonds is 6. The van der Waals surface area contributed by atoms with Crippen molar-refractivity contribution >= 4 is 11.7 Å². The van der Waals surface area contributed by atoms with Crippen LogP contribution in [0.2, 0.25) is 0 Å². The molecule has 1 aliphatic heterocycles. The molecular formula is C19H27N5O. The van der Waals surface area contributed by atoms with E-state index < -0.39 is 0 Å². The zero-order chi connectivity index (χ0) is 17.8. The summed E-state index contributed by atoms with van der Waals surface area (Å²) in [5.41, 5.74) is 3.35. The molecule has 1 fully saturated rings. The Morgan fingerprint density at radius 2 is 2.20 bits per heavy atom. The fourth-order valence-corrected chi connectivity index (χ4v) is 3.63. The van der Waals surface area contributed by atoms with Crippen LogP contribution in [0.4, 0.5) is 5.82 Å². The van der Waals surface area contributed by atoms with Crippen molar-refractivity contribution < 1.29 is 4.79 Å². The van der Waals surface area contributed by atoms with Gasteiger partial charge in [-0.1, -0.05) is 0 Å². The highest BCUT2D eigenvalue weighted by atomic mass is 16.2. The third-order valence-electron chi connectivity index (χ3n) is 4.86. The van der Waals surface area contributed by atoms with Crippen LogP contribution in [0.3, 0.4) is 0 Å². The zero-order valence-electron chi connectivity index (χ0n) is 15.3. The monoisotopic (exact) mass is 341 g/mol. The number of carbonyl (C=O) groups is 1. The number of hydrogen-bond donors (Lipinski definition) is 1. The van der Waals surface area contributed by atoms with Crippen LogP contribution in [0.25, 0.3) is 0 Å². The van der Waals surface area contributed by atoms with Gasteiger partial charge in [0.05, 0.1) is 11.7 Å². The van der Waals surface area contributed by atoms with E-state index in [-0.39, 0.29) is 11.9 Å². The predicted molar refractivity (Wildman–Crippen MR) is 98.4 cm³/mol. The second-order valence-electron chi connectivity index (χ2n) is 6.72. The smallest absolute Gasteiger partial charge is 0.223 e. The van der Waals surface area contributed by atoms with E-state index in [0.717, 1.165) is 49.6 Å². The SMILES string of the molecule is CNc1cc([C@@H]2CCCN2C(=O)CCCn2nc(C)cc2C)ccn1. The molecule has 1 atom stereocenters. The average Bonchev–Trinajstić information content (AvgIpc) is 3.21. The lowest BCUT2D eigenvalue weighted by Crippen LogP contribution is -2.30. The van der Waals surface area contributed by atoms with Crippen molar-refractivity contribution in [3.8, 4) is 0 Å². The summed E-state index contributed by atoms with van der Waals surface area (Å²) >= 11 is 0. The van der Waals surface area contributed by atoms with E-state index >= 15 is 0 Å². The first kappa shape index (κ1) is 17.5. The van der Waals surface area contributed by atoms with Gasteiger partial charge in [-0.25, -0.2) is 4.98 Å². The average molecular weight is 341 g/mol. The van der Waals surface area contributed by atoms with E-state index in [1.807, 2.05) is 41.9 Å². The van der Waals surface area contributed by atoms with Crippen molar-refractivity contribution in [3.05, 3.63) is 41.3 Å². The van der Waals surface area contributed by atoms with Gasteiger partial charge in [-0.2, -0.15) is 5.10 Å². The second-order valence-corrected chi connectivity index (χ2v) is 6.72. The van der Waals surface area contributed by atoms with E-state index in [1.165, 1.54) is 5.56 Å². The summed E-state index contributed by atoms with van der Waals surface area (Å²) in [6.07, 6.45) is 5.29. The Balaban J connectivity index is 1.59. The van der Waals surface area contributed by atoms with Gasteiger partial charge >= 0.3 is 0 Å². The van der Waals surface area contributed by atoms with Gasteiger partial charge in [-0.05, 0) is 56.9 Å². The fourth-order valence-electron chi connectivity index (χ4n) is 3.63. The van der Waals surface area contributed by atoms with Crippen LogP contribution < -0.4 is 5.32 Å². The fraction of sp³-hybridized carbons (Fsp3) is 0.526. The van der Waals surface area contributed by atoms with E-state index in [0.29, 0.717) is 6.42 Å². The van der Waals surface area contributed by atoms with Crippen molar-refractivity contribution in [1.82, 2.24) is 19.7 Å². The minimum atomic E-state index is 0.177. The first-order valence-corrected chi connectivity index (χ1v) is 9.02. The highest BCUT2D eigenvalue weighted by Gasteiger charge is 2.29. The Morgan fingerprint density at radius 3 is 2.92 bits per heavy atom. The Hall–Kier alpha value is -2.37. The number of aryl methyl sites for hydroxylation is 3. The van der Waals surface area contributed by atoms with E-state index in [1.54, 1.807) is 0 Å². The Bertz CT molecular complexity index is 739. The summed E-state index contributed by atoms with van der Waals surface area (Å²) < 4.78 is 1.99. The molecule has 3 rings (SSSR count). The van der Waals surface area contributed by atoms with E-state index in [4.69, 9.17) is 0 Å². The molecule has 1 saturated heterocycles. The lowest BCUT2D eigenvalue weighted by molar-refractivity contribution is -0.132. The normalized spacial score (nSPS) is 17.1. The molecule has 0 unspecified atom stereocenters. The molecule has 0 radical (unpaired) electrons. The maximum absolute atomic E-state index is 12.7. The van der Waals surface area contributed by atoms with Crippen LogP contribution in [0.5, 0.6) is 0 Å². The number of likely N-dealkylation sites (tertiary alicyclic amines) is 1. The molecule has 0 saturated carbocycles. The molecule has 6 heteroatoms. The second kappa shape index (κ2) is 7.68. The Labute approximate surface area is 149 Å². The van der Waals surface area contributed by atoms with Gasteiger partial charge in [-0.3, -0.25) is 9.48 Å². The van der Waals surface area contributed by atoms with Crippen molar-refractivity contribution in [2.24, 2.45) is 0 Å². The molecule has 1 aliphatic rings. The predicted octanol–water partition coefficient (Wildman–Crippen LogP) is 3.08.